The van der Waals surface area contributed by atoms with Gasteiger partial charge in [-0.05, 0) is 208 Å². The first-order valence-electron chi connectivity index (χ1n) is 30.2. The van der Waals surface area contributed by atoms with Crippen LogP contribution in [0.15, 0.2) is 84.2 Å². The van der Waals surface area contributed by atoms with Gasteiger partial charge in [-0.3, -0.25) is 9.59 Å². The molecule has 0 aliphatic heterocycles. The number of hydrogen-bond acceptors (Lipinski definition) is 10. The first-order valence-corrected chi connectivity index (χ1v) is 30.2. The molecule has 4 N–H and O–H groups in total. The Balaban J connectivity index is 0.000000168. The zero-order chi connectivity index (χ0) is 56.2. The maximum absolute atomic E-state index is 13.0. The van der Waals surface area contributed by atoms with E-state index in [4.69, 9.17) is 19.7 Å². The predicted molar refractivity (Wildman–Crippen MR) is 308 cm³/mol. The van der Waals surface area contributed by atoms with Crippen LogP contribution in [0.25, 0.3) is 23.5 Å². The van der Waals surface area contributed by atoms with Crippen LogP contribution in [0.4, 0.5) is 0 Å². The monoisotopic (exact) mass is 1080 g/mol. The van der Waals surface area contributed by atoms with Crippen LogP contribution in [0.2, 0.25) is 0 Å². The molecule has 0 spiro atoms. The zero-order valence-corrected chi connectivity index (χ0v) is 48.7. The Morgan fingerprint density at radius 1 is 0.684 bits per heavy atom. The Morgan fingerprint density at radius 3 is 1.71 bits per heavy atom. The summed E-state index contributed by atoms with van der Waals surface area (Å²) < 4.78 is 15.4. The van der Waals surface area contributed by atoms with E-state index in [1.54, 1.807) is 0 Å². The van der Waals surface area contributed by atoms with Crippen molar-refractivity contribution in [1.29, 1.82) is 0 Å². The van der Waals surface area contributed by atoms with Crippen LogP contribution in [0.3, 0.4) is 0 Å². The van der Waals surface area contributed by atoms with Gasteiger partial charge in [-0.25, -0.2) is 9.36 Å². The van der Waals surface area contributed by atoms with Crippen molar-refractivity contribution < 1.29 is 39.5 Å². The average molecular weight is 1080 g/mol. The van der Waals surface area contributed by atoms with Crippen LogP contribution in [-0.4, -0.2) is 88.2 Å². The highest BCUT2D eigenvalue weighted by atomic mass is 16.5. The third kappa shape index (κ3) is 8.55. The van der Waals surface area contributed by atoms with E-state index in [-0.39, 0.29) is 57.9 Å². The number of carbonyl (C=O) groups excluding carboxylic acids is 2. The van der Waals surface area contributed by atoms with Gasteiger partial charge in [0.15, 0.2) is 11.6 Å². The standard InChI is InChI=1S/C35H46N2O4.C32H42N2O4/c1-6-8-9-16-41-25-12-10-24(11-13-25)37-29-18-28-22(3)17-26-27-14-15-35(40,31(39)7-2)34(27,5)20-30(38)32(26)33(28,4)19-23(29)21-36-37;1-6-28(36)32(37)13-12-24-23-14-19(3)25-15-26-20(16-30(25,4)29(23)27(35)17-31(24,32)5)18-34(33-26)21-8-10-22(11-9-21)38-7-2/h8-13,18,21-22,26-27,30,32,38,40H,6-7,14-17,19-20H2,1-5H3;8-11,15,18-19,23-24,27,29,35,37H,6-7,12-14,16-17H2,1-5H3/b9-8-;/t22-,26-,27-,30-,32+,33-,34-,35-;19-,23-,24-,27-,29+,30-,31-,32-/m00/s1. The number of Topliss-reactive ketones (excluding diaryl/α,β-unsaturated/α-hetero) is 2. The molecule has 2 aromatic heterocycles. The Hall–Kier alpha value is -5.14. The highest BCUT2D eigenvalue weighted by molar-refractivity contribution is 5.89. The van der Waals surface area contributed by atoms with E-state index in [2.05, 4.69) is 85.0 Å². The molecule has 12 heteroatoms. The summed E-state index contributed by atoms with van der Waals surface area (Å²) in [7, 11) is 0. The molecule has 2 heterocycles. The first kappa shape index (κ1) is 55.8. The lowest BCUT2D eigenvalue weighted by molar-refractivity contribution is -0.181. The summed E-state index contributed by atoms with van der Waals surface area (Å²) in [6.07, 6.45) is 20.8. The summed E-state index contributed by atoms with van der Waals surface area (Å²) in [5.41, 5.74) is 5.19. The van der Waals surface area contributed by atoms with Gasteiger partial charge in [0.2, 0.25) is 0 Å². The second-order valence-electron chi connectivity index (χ2n) is 26.5. The van der Waals surface area contributed by atoms with Crippen LogP contribution >= 0.6 is 0 Å². The fraction of sp³-hybridized carbons (Fsp3) is 0.612. The molecule has 8 aliphatic rings. The number of hydrogen-bond donors (Lipinski definition) is 4. The number of nitrogens with zero attached hydrogens (tertiary/aromatic N) is 4. The summed E-state index contributed by atoms with van der Waals surface area (Å²) in [6, 6.07) is 16.1. The normalized spacial score (nSPS) is 38.5. The van der Waals surface area contributed by atoms with Crippen molar-refractivity contribution in [2.24, 2.45) is 69.0 Å². The Labute approximate surface area is 468 Å². The van der Waals surface area contributed by atoms with E-state index < -0.39 is 34.2 Å². The molecule has 0 saturated heterocycles. The summed E-state index contributed by atoms with van der Waals surface area (Å²) in [4.78, 5) is 26.0. The molecule has 0 radical (unpaired) electrons. The predicted octanol–water partition coefficient (Wildman–Crippen LogP) is 11.7. The molecule has 6 saturated carbocycles. The van der Waals surface area contributed by atoms with Gasteiger partial charge >= 0.3 is 0 Å². The van der Waals surface area contributed by atoms with Crippen LogP contribution in [-0.2, 0) is 22.4 Å². The quantitative estimate of drug-likeness (QED) is 0.100. The molecule has 16 atom stereocenters. The van der Waals surface area contributed by atoms with Gasteiger partial charge in [-0.15, -0.1) is 0 Å². The molecule has 0 bridgehead atoms. The maximum atomic E-state index is 13.0. The lowest BCUT2D eigenvalue weighted by Crippen LogP contribution is -2.62. The molecule has 2 aromatic carbocycles. The van der Waals surface area contributed by atoms with E-state index in [9.17, 15) is 30.0 Å². The van der Waals surface area contributed by atoms with Crippen molar-refractivity contribution in [3.63, 3.8) is 0 Å². The van der Waals surface area contributed by atoms with Crippen molar-refractivity contribution in [1.82, 2.24) is 19.6 Å². The number of aliphatic hydroxyl groups is 4. The first-order chi connectivity index (χ1) is 37.6. The van der Waals surface area contributed by atoms with Gasteiger partial charge < -0.3 is 29.9 Å². The minimum atomic E-state index is -1.33. The van der Waals surface area contributed by atoms with Crippen LogP contribution in [0, 0.1) is 69.0 Å². The summed E-state index contributed by atoms with van der Waals surface area (Å²) in [5.74, 6) is 3.49. The van der Waals surface area contributed by atoms with Gasteiger partial charge in [0.1, 0.15) is 29.3 Å². The van der Waals surface area contributed by atoms with E-state index in [0.717, 1.165) is 79.2 Å². The fourth-order valence-electron chi connectivity index (χ4n) is 19.0. The second-order valence-corrected chi connectivity index (χ2v) is 26.5. The van der Waals surface area contributed by atoms with E-state index in [1.165, 1.54) is 22.3 Å². The summed E-state index contributed by atoms with van der Waals surface area (Å²) in [5, 5.41) is 56.8. The maximum Gasteiger partial charge on any atom is 0.164 e. The van der Waals surface area contributed by atoms with Gasteiger partial charge in [0, 0.05) is 29.9 Å². The average Bonchev–Trinajstić information content (AvgIpc) is 3.25. The Bertz CT molecular complexity index is 3060. The highest BCUT2D eigenvalue weighted by Crippen LogP contribution is 2.70. The minimum absolute atomic E-state index is 0.0622. The van der Waals surface area contributed by atoms with Gasteiger partial charge in [-0.1, -0.05) is 85.6 Å². The van der Waals surface area contributed by atoms with Crippen molar-refractivity contribution in [3.8, 4) is 22.9 Å². The third-order valence-electron chi connectivity index (χ3n) is 22.5. The zero-order valence-electron chi connectivity index (χ0n) is 48.7. The number of carbonyl (C=O) groups is 2. The molecule has 6 fully saturated rings. The third-order valence-corrected chi connectivity index (χ3v) is 22.5. The molecule has 12 nitrogen and oxygen atoms in total. The van der Waals surface area contributed by atoms with Gasteiger partial charge in [0.05, 0.1) is 47.8 Å². The Kier molecular flexibility index (Phi) is 14.4. The van der Waals surface area contributed by atoms with Crippen molar-refractivity contribution in [2.75, 3.05) is 13.2 Å². The number of aliphatic hydroxyl groups excluding tert-OH is 2. The number of allylic oxidation sites excluding steroid dienone is 3. The largest absolute Gasteiger partial charge is 0.494 e. The van der Waals surface area contributed by atoms with Crippen LogP contribution < -0.4 is 9.47 Å². The van der Waals surface area contributed by atoms with Gasteiger partial charge in [0.25, 0.3) is 0 Å². The van der Waals surface area contributed by atoms with Crippen LogP contribution in [0.5, 0.6) is 11.5 Å². The molecule has 0 unspecified atom stereocenters. The lowest BCUT2D eigenvalue weighted by Gasteiger charge is -2.61. The second kappa shape index (κ2) is 20.4. The van der Waals surface area contributed by atoms with E-state index in [0.29, 0.717) is 63.6 Å². The molecule has 0 amide bonds. The number of benzene rings is 2. The lowest BCUT2D eigenvalue weighted by atomic mass is 9.44. The summed E-state index contributed by atoms with van der Waals surface area (Å²) in [6.45, 7) is 22.5. The molecule has 424 valence electrons. The van der Waals surface area contributed by atoms with Crippen LogP contribution in [0.1, 0.15) is 162 Å². The number of aromatic nitrogens is 4. The summed E-state index contributed by atoms with van der Waals surface area (Å²) >= 11 is 0. The molecule has 8 aliphatic carbocycles. The Morgan fingerprint density at radius 2 is 1.19 bits per heavy atom. The van der Waals surface area contributed by atoms with E-state index >= 15 is 0 Å². The fourth-order valence-corrected chi connectivity index (χ4v) is 19.0. The topological polar surface area (TPSA) is 169 Å². The van der Waals surface area contributed by atoms with Crippen molar-refractivity contribution >= 4 is 23.7 Å². The minimum Gasteiger partial charge on any atom is -0.494 e. The highest BCUT2D eigenvalue weighted by Gasteiger charge is 2.70. The van der Waals surface area contributed by atoms with Gasteiger partial charge in [-0.2, -0.15) is 10.2 Å². The van der Waals surface area contributed by atoms with E-state index in [1.807, 2.05) is 78.8 Å². The SMILES string of the molecule is CC/C=C\COc1ccc(-n2ncc3c2C=C2[C@@H](C)C[C@@H]4[C@H]([C@@H](O)C[C@@]5(C)[C@H]4CC[C@]5(O)C(=O)CC)[C@@]2(C)C3)cc1.CCOc1ccc(-n2cc3c(n2)C=C2[C@@H](C)C[C@@H]4[C@H]([C@@H](O)C[C@@]5(C)[C@H]4CC[C@]5(O)C(=O)CC)[C@@]2(C)C3)cc1. The number of rotatable bonds is 12. The molecular weight excluding hydrogens is 989 g/mol. The number of ketones is 2. The number of fused-ring (bicyclic) bond motifs is 12. The molecular formula is C67H88N4O8. The molecule has 4 aromatic rings. The molecule has 12 rings (SSSR count). The van der Waals surface area contributed by atoms with Crippen molar-refractivity contribution in [3.05, 3.63) is 107 Å². The number of ether oxygens (including phenoxy) is 2. The smallest absolute Gasteiger partial charge is 0.164 e. The van der Waals surface area contributed by atoms with Crippen molar-refractivity contribution in [2.45, 2.75) is 176 Å². The molecule has 79 heavy (non-hydrogen) atoms.